The van der Waals surface area contributed by atoms with Crippen molar-refractivity contribution < 1.29 is 10.0 Å². The Kier molecular flexibility index (Phi) is 1.24. The summed E-state index contributed by atoms with van der Waals surface area (Å²) in [6.45, 7) is 6.45. The molecule has 0 amide bonds. The molecule has 3 nitrogen and oxygen atoms in total. The van der Waals surface area contributed by atoms with Crippen molar-refractivity contribution >= 4 is 7.12 Å². The van der Waals surface area contributed by atoms with Crippen LogP contribution in [0.15, 0.2) is 0 Å². The topological polar surface area (TPSA) is 44.8 Å². The van der Waals surface area contributed by atoms with Crippen LogP contribution in [0.4, 0.5) is 0 Å². The molecule has 0 aromatic rings. The summed E-state index contributed by atoms with van der Waals surface area (Å²) in [5.41, 5.74) is 0. The van der Waals surface area contributed by atoms with Gasteiger partial charge in [0.15, 0.2) is 0 Å². The van der Waals surface area contributed by atoms with Gasteiger partial charge in [-0.2, -0.15) is 0 Å². The highest BCUT2D eigenvalue weighted by molar-refractivity contribution is 6.44. The van der Waals surface area contributed by atoms with E-state index >= 15 is 0 Å². The van der Waals surface area contributed by atoms with Gasteiger partial charge in [-0.05, 0) is 0 Å². The van der Waals surface area contributed by atoms with Gasteiger partial charge in [0, 0.05) is 6.42 Å². The molecule has 1 saturated carbocycles. The first kappa shape index (κ1) is 5.61. The average Bonchev–Trinajstić information content (AvgIpc) is 2.42. The molecular formula is C4H6BNO2. The summed E-state index contributed by atoms with van der Waals surface area (Å²) < 4.78 is 0. The largest absolute Gasteiger partial charge is 0.463 e. The first-order valence-corrected chi connectivity index (χ1v) is 2.48. The maximum atomic E-state index is 8.41. The van der Waals surface area contributed by atoms with Gasteiger partial charge in [-0.25, -0.2) is 6.57 Å². The Labute approximate surface area is 47.9 Å². The van der Waals surface area contributed by atoms with Crippen molar-refractivity contribution in [3.05, 3.63) is 11.4 Å². The van der Waals surface area contributed by atoms with E-state index in [0.717, 1.165) is 0 Å². The van der Waals surface area contributed by atoms with Gasteiger partial charge < -0.3 is 14.9 Å². The third-order valence-corrected chi connectivity index (χ3v) is 1.35. The highest BCUT2D eigenvalue weighted by atomic mass is 16.4. The smallest absolute Gasteiger partial charge is 0.427 e. The van der Waals surface area contributed by atoms with Gasteiger partial charge in [0.25, 0.3) is 0 Å². The van der Waals surface area contributed by atoms with Crippen LogP contribution in [0.25, 0.3) is 4.85 Å². The van der Waals surface area contributed by atoms with Crippen molar-refractivity contribution in [3.8, 4) is 0 Å². The van der Waals surface area contributed by atoms with E-state index in [9.17, 15) is 0 Å². The minimum atomic E-state index is -1.27. The van der Waals surface area contributed by atoms with Crippen molar-refractivity contribution in [2.75, 3.05) is 0 Å². The minimum absolute atomic E-state index is 0.116. The van der Waals surface area contributed by atoms with Crippen LogP contribution >= 0.6 is 0 Å². The molecule has 1 rings (SSSR count). The highest BCUT2D eigenvalue weighted by Crippen LogP contribution is 2.41. The van der Waals surface area contributed by atoms with Crippen LogP contribution in [0.2, 0.25) is 5.82 Å². The Hall–Kier alpha value is -0.525. The number of rotatable bonds is 1. The van der Waals surface area contributed by atoms with Crippen LogP contribution in [0, 0.1) is 6.57 Å². The van der Waals surface area contributed by atoms with E-state index in [-0.39, 0.29) is 11.9 Å². The maximum absolute atomic E-state index is 8.41. The summed E-state index contributed by atoms with van der Waals surface area (Å²) in [7, 11) is -1.27. The van der Waals surface area contributed by atoms with Gasteiger partial charge in [0.1, 0.15) is 0 Å². The molecule has 1 aliphatic rings. The monoisotopic (exact) mass is 111 g/mol. The normalized spacial score (nSPS) is 33.6. The molecule has 0 spiro atoms. The van der Waals surface area contributed by atoms with Crippen molar-refractivity contribution in [1.82, 2.24) is 0 Å². The molecule has 8 heavy (non-hydrogen) atoms. The fourth-order valence-corrected chi connectivity index (χ4v) is 0.669. The van der Waals surface area contributed by atoms with Crippen LogP contribution in [0.5, 0.6) is 0 Å². The molecule has 4 heteroatoms. The zero-order valence-corrected chi connectivity index (χ0v) is 4.28. The van der Waals surface area contributed by atoms with Crippen LogP contribution < -0.4 is 0 Å². The number of hydrogen-bond acceptors (Lipinski definition) is 2. The van der Waals surface area contributed by atoms with E-state index in [4.69, 9.17) is 16.6 Å². The highest BCUT2D eigenvalue weighted by Gasteiger charge is 2.51. The van der Waals surface area contributed by atoms with Gasteiger partial charge in [-0.15, -0.1) is 0 Å². The van der Waals surface area contributed by atoms with Gasteiger partial charge in [0.05, 0.1) is 5.82 Å². The Morgan fingerprint density at radius 3 is 2.38 bits per heavy atom. The van der Waals surface area contributed by atoms with E-state index in [1.54, 1.807) is 0 Å². The van der Waals surface area contributed by atoms with E-state index < -0.39 is 7.12 Å². The summed E-state index contributed by atoms with van der Waals surface area (Å²) in [5.74, 6) is -0.160. The molecule has 1 aliphatic carbocycles. The third kappa shape index (κ3) is 0.833. The fourth-order valence-electron chi connectivity index (χ4n) is 0.669. The predicted molar refractivity (Wildman–Crippen MR) is 28.9 cm³/mol. The molecule has 0 saturated heterocycles. The lowest BCUT2D eigenvalue weighted by Gasteiger charge is -1.85. The summed E-state index contributed by atoms with van der Waals surface area (Å²) in [5, 5.41) is 16.8. The van der Waals surface area contributed by atoms with E-state index in [1.807, 2.05) is 0 Å². The van der Waals surface area contributed by atoms with Gasteiger partial charge in [-0.3, -0.25) is 0 Å². The zero-order chi connectivity index (χ0) is 6.15. The average molecular weight is 111 g/mol. The third-order valence-electron chi connectivity index (χ3n) is 1.35. The standard InChI is InChI=1S/C4H6BNO2/c1-6-4-2-3(4)5(7)8/h3-4,7-8H,2H2. The molecule has 0 aromatic heterocycles. The molecule has 42 valence electrons. The SMILES string of the molecule is [C-]#[N+]C1CC1B(O)O. The molecule has 2 atom stereocenters. The first-order valence-electron chi connectivity index (χ1n) is 2.48. The van der Waals surface area contributed by atoms with Crippen LogP contribution in [-0.4, -0.2) is 23.2 Å². The quantitative estimate of drug-likeness (QED) is 0.354. The summed E-state index contributed by atoms with van der Waals surface area (Å²) in [6, 6.07) is -0.116. The fraction of sp³-hybridized carbons (Fsp3) is 0.750. The predicted octanol–water partition coefficient (Wildman–Crippen LogP) is -0.479. The van der Waals surface area contributed by atoms with Gasteiger partial charge >= 0.3 is 7.12 Å². The van der Waals surface area contributed by atoms with Crippen molar-refractivity contribution in [1.29, 1.82) is 0 Å². The van der Waals surface area contributed by atoms with Crippen LogP contribution in [0.1, 0.15) is 6.42 Å². The molecule has 0 bridgehead atoms. The molecule has 2 unspecified atom stereocenters. The maximum Gasteiger partial charge on any atom is 0.463 e. The molecular weight excluding hydrogens is 105 g/mol. The second-order valence-corrected chi connectivity index (χ2v) is 2.01. The molecule has 2 N–H and O–H groups in total. The van der Waals surface area contributed by atoms with Crippen molar-refractivity contribution in [2.24, 2.45) is 0 Å². The Bertz CT molecular complexity index is 130. The molecule has 0 radical (unpaired) electrons. The van der Waals surface area contributed by atoms with E-state index in [0.29, 0.717) is 6.42 Å². The zero-order valence-electron chi connectivity index (χ0n) is 4.28. The van der Waals surface area contributed by atoms with Gasteiger partial charge in [-0.1, -0.05) is 0 Å². The Balaban J connectivity index is 2.29. The van der Waals surface area contributed by atoms with E-state index in [1.165, 1.54) is 0 Å². The first-order chi connectivity index (χ1) is 3.75. The summed E-state index contributed by atoms with van der Waals surface area (Å²) in [4.78, 5) is 3.13. The Morgan fingerprint density at radius 2 is 2.25 bits per heavy atom. The van der Waals surface area contributed by atoms with Crippen LogP contribution in [0.3, 0.4) is 0 Å². The molecule has 0 aromatic carbocycles. The molecule has 1 fully saturated rings. The van der Waals surface area contributed by atoms with Gasteiger partial charge in [0.2, 0.25) is 6.04 Å². The van der Waals surface area contributed by atoms with Crippen molar-refractivity contribution in [3.63, 3.8) is 0 Å². The lowest BCUT2D eigenvalue weighted by atomic mass is 9.83. The molecule has 0 heterocycles. The van der Waals surface area contributed by atoms with E-state index in [2.05, 4.69) is 4.85 Å². The van der Waals surface area contributed by atoms with Crippen LogP contribution in [-0.2, 0) is 0 Å². The minimum Gasteiger partial charge on any atom is -0.427 e. The molecule has 0 aliphatic heterocycles. The number of nitrogens with zero attached hydrogens (tertiary/aromatic N) is 1. The lowest BCUT2D eigenvalue weighted by molar-refractivity contribution is 0.403. The Morgan fingerprint density at radius 1 is 1.62 bits per heavy atom. The summed E-state index contributed by atoms with van der Waals surface area (Å²) in [6.07, 6.45) is 0.654. The number of hydrogen-bond donors (Lipinski definition) is 2. The lowest BCUT2D eigenvalue weighted by Crippen LogP contribution is -2.11. The summed E-state index contributed by atoms with van der Waals surface area (Å²) >= 11 is 0. The second-order valence-electron chi connectivity index (χ2n) is 2.01. The second kappa shape index (κ2) is 1.77. The van der Waals surface area contributed by atoms with Crippen molar-refractivity contribution in [2.45, 2.75) is 18.3 Å².